The average Bonchev–Trinajstić information content (AvgIpc) is 2.71. The van der Waals surface area contributed by atoms with Gasteiger partial charge in [-0.15, -0.1) is 0 Å². The van der Waals surface area contributed by atoms with Gasteiger partial charge in [0.1, 0.15) is 12.1 Å². The minimum absolute atomic E-state index is 0.350. The summed E-state index contributed by atoms with van der Waals surface area (Å²) in [7, 11) is 3.83. The van der Waals surface area contributed by atoms with Gasteiger partial charge in [-0.2, -0.15) is 0 Å². The number of rotatable bonds is 2. The summed E-state index contributed by atoms with van der Waals surface area (Å²) >= 11 is 0. The largest absolute Gasteiger partial charge is 0.481 e. The molecule has 0 saturated carbocycles. The fourth-order valence-corrected chi connectivity index (χ4v) is 3.12. The van der Waals surface area contributed by atoms with Crippen molar-refractivity contribution in [3.63, 3.8) is 0 Å². The Balaban J connectivity index is 1.73. The number of hydrogen-bond donors (Lipinski definition) is 0. The lowest BCUT2D eigenvalue weighted by molar-refractivity contribution is -0.0616. The third-order valence-corrected chi connectivity index (χ3v) is 4.31. The topological polar surface area (TPSA) is 50.7 Å². The number of anilines is 1. The number of methoxy groups -OCH3 is 1. The molecule has 2 atom stereocenters. The van der Waals surface area contributed by atoms with E-state index in [2.05, 4.69) is 26.8 Å². The zero-order valence-corrected chi connectivity index (χ0v) is 12.2. The molecule has 2 fully saturated rings. The predicted octanol–water partition coefficient (Wildman–Crippen LogP) is 0.785. The van der Waals surface area contributed by atoms with E-state index in [1.54, 1.807) is 13.4 Å². The van der Waals surface area contributed by atoms with Gasteiger partial charge < -0.3 is 14.4 Å². The predicted molar refractivity (Wildman–Crippen MR) is 76.2 cm³/mol. The maximum Gasteiger partial charge on any atom is 0.218 e. The summed E-state index contributed by atoms with van der Waals surface area (Å²) in [5.41, 5.74) is 0. The fraction of sp³-hybridized carbons (Fsp3) is 0.714. The molecule has 110 valence electrons. The van der Waals surface area contributed by atoms with Crippen LogP contribution in [0.25, 0.3) is 0 Å². The van der Waals surface area contributed by atoms with E-state index in [1.807, 2.05) is 6.07 Å². The highest BCUT2D eigenvalue weighted by Crippen LogP contribution is 2.25. The van der Waals surface area contributed by atoms with Gasteiger partial charge >= 0.3 is 0 Å². The van der Waals surface area contributed by atoms with E-state index >= 15 is 0 Å². The van der Waals surface area contributed by atoms with E-state index in [1.165, 1.54) is 0 Å². The summed E-state index contributed by atoms with van der Waals surface area (Å²) in [6, 6.07) is 2.43. The first kappa shape index (κ1) is 13.6. The normalized spacial score (nSPS) is 27.8. The standard InChI is InChI=1S/C14H22N4O2/c1-17-7-8-20-12-4-6-18(5-3-11(12)17)13-9-14(19-2)16-10-15-13/h9-12H,3-8H2,1-2H3/t11-,12-/m0/s1. The van der Waals surface area contributed by atoms with Gasteiger partial charge in [0.2, 0.25) is 5.88 Å². The molecule has 1 aromatic heterocycles. The van der Waals surface area contributed by atoms with Crippen LogP contribution < -0.4 is 9.64 Å². The Kier molecular flexibility index (Phi) is 4.03. The molecule has 0 aromatic carbocycles. The Labute approximate surface area is 119 Å². The molecule has 3 rings (SSSR count). The molecule has 0 N–H and O–H groups in total. The molecule has 0 aliphatic carbocycles. The van der Waals surface area contributed by atoms with Gasteiger partial charge in [-0.25, -0.2) is 9.97 Å². The lowest BCUT2D eigenvalue weighted by Crippen LogP contribution is -2.49. The van der Waals surface area contributed by atoms with E-state index in [0.29, 0.717) is 18.0 Å². The summed E-state index contributed by atoms with van der Waals surface area (Å²) < 4.78 is 11.1. The first-order valence-corrected chi connectivity index (χ1v) is 7.21. The number of morpholine rings is 1. The number of likely N-dealkylation sites (N-methyl/N-ethyl adjacent to an activating group) is 1. The van der Waals surface area contributed by atoms with Crippen LogP contribution in [0.1, 0.15) is 12.8 Å². The smallest absolute Gasteiger partial charge is 0.218 e. The molecular weight excluding hydrogens is 256 g/mol. The van der Waals surface area contributed by atoms with Crippen molar-refractivity contribution in [3.8, 4) is 5.88 Å². The zero-order valence-electron chi connectivity index (χ0n) is 12.2. The van der Waals surface area contributed by atoms with Crippen molar-refractivity contribution in [1.29, 1.82) is 0 Å². The Bertz CT molecular complexity index is 457. The lowest BCUT2D eigenvalue weighted by atomic mass is 10.0. The summed E-state index contributed by atoms with van der Waals surface area (Å²) in [5, 5.41) is 0. The van der Waals surface area contributed by atoms with E-state index in [4.69, 9.17) is 9.47 Å². The van der Waals surface area contributed by atoms with Crippen molar-refractivity contribution in [3.05, 3.63) is 12.4 Å². The number of ether oxygens (including phenoxy) is 2. The molecule has 6 heteroatoms. The van der Waals surface area contributed by atoms with Gasteiger partial charge in [0.05, 0.1) is 19.8 Å². The molecular formula is C14H22N4O2. The third kappa shape index (κ3) is 2.71. The number of aromatic nitrogens is 2. The number of fused-ring (bicyclic) bond motifs is 1. The van der Waals surface area contributed by atoms with E-state index in [0.717, 1.165) is 44.9 Å². The van der Waals surface area contributed by atoms with Gasteiger partial charge in [0.25, 0.3) is 0 Å². The highest BCUT2D eigenvalue weighted by Gasteiger charge is 2.33. The molecule has 0 amide bonds. The molecule has 0 spiro atoms. The van der Waals surface area contributed by atoms with Crippen molar-refractivity contribution < 1.29 is 9.47 Å². The fourth-order valence-electron chi connectivity index (χ4n) is 3.12. The summed E-state index contributed by atoms with van der Waals surface area (Å²) in [6.07, 6.45) is 4.06. The van der Waals surface area contributed by atoms with Crippen LogP contribution in [0.3, 0.4) is 0 Å². The Morgan fingerprint density at radius 3 is 2.95 bits per heavy atom. The van der Waals surface area contributed by atoms with Gasteiger partial charge in [-0.3, -0.25) is 4.90 Å². The van der Waals surface area contributed by atoms with Crippen LogP contribution in [0.15, 0.2) is 12.4 Å². The van der Waals surface area contributed by atoms with Gasteiger partial charge in [0, 0.05) is 31.7 Å². The second kappa shape index (κ2) is 5.93. The van der Waals surface area contributed by atoms with Crippen molar-refractivity contribution in [2.75, 3.05) is 45.3 Å². The highest BCUT2D eigenvalue weighted by atomic mass is 16.5. The van der Waals surface area contributed by atoms with Crippen LogP contribution in [-0.2, 0) is 4.74 Å². The average molecular weight is 278 g/mol. The van der Waals surface area contributed by atoms with Crippen LogP contribution in [0, 0.1) is 0 Å². The summed E-state index contributed by atoms with van der Waals surface area (Å²) in [6.45, 7) is 3.84. The first-order valence-electron chi connectivity index (χ1n) is 7.21. The quantitative estimate of drug-likeness (QED) is 0.797. The van der Waals surface area contributed by atoms with Crippen LogP contribution in [0.4, 0.5) is 5.82 Å². The SMILES string of the molecule is COc1cc(N2CC[C@@H]3OCCN(C)[C@H]3CC2)ncn1. The Hall–Kier alpha value is -1.40. The van der Waals surface area contributed by atoms with Crippen molar-refractivity contribution >= 4 is 5.82 Å². The molecule has 3 heterocycles. The molecule has 2 saturated heterocycles. The van der Waals surface area contributed by atoms with Gasteiger partial charge in [-0.1, -0.05) is 0 Å². The Morgan fingerprint density at radius 2 is 2.10 bits per heavy atom. The molecule has 0 bridgehead atoms. The molecule has 2 aliphatic rings. The first-order chi connectivity index (χ1) is 9.78. The number of hydrogen-bond acceptors (Lipinski definition) is 6. The van der Waals surface area contributed by atoms with Gasteiger partial charge in [-0.05, 0) is 19.9 Å². The second-order valence-electron chi connectivity index (χ2n) is 5.44. The molecule has 0 radical (unpaired) electrons. The lowest BCUT2D eigenvalue weighted by Gasteiger charge is -2.37. The monoisotopic (exact) mass is 278 g/mol. The minimum atomic E-state index is 0.350. The zero-order chi connectivity index (χ0) is 13.9. The number of nitrogens with zero attached hydrogens (tertiary/aromatic N) is 4. The van der Waals surface area contributed by atoms with Crippen molar-refractivity contribution in [2.24, 2.45) is 0 Å². The summed E-state index contributed by atoms with van der Waals surface area (Å²) in [5.74, 6) is 1.56. The van der Waals surface area contributed by atoms with Crippen LogP contribution in [0.2, 0.25) is 0 Å². The Morgan fingerprint density at radius 1 is 1.25 bits per heavy atom. The second-order valence-corrected chi connectivity index (χ2v) is 5.44. The van der Waals surface area contributed by atoms with Crippen LogP contribution in [0.5, 0.6) is 5.88 Å². The third-order valence-electron chi connectivity index (χ3n) is 4.31. The van der Waals surface area contributed by atoms with E-state index in [-0.39, 0.29) is 0 Å². The molecule has 6 nitrogen and oxygen atoms in total. The maximum absolute atomic E-state index is 5.94. The maximum atomic E-state index is 5.94. The molecule has 20 heavy (non-hydrogen) atoms. The highest BCUT2D eigenvalue weighted by molar-refractivity contribution is 5.41. The van der Waals surface area contributed by atoms with E-state index in [9.17, 15) is 0 Å². The van der Waals surface area contributed by atoms with Crippen molar-refractivity contribution in [2.45, 2.75) is 25.0 Å². The van der Waals surface area contributed by atoms with Gasteiger partial charge in [0.15, 0.2) is 0 Å². The molecule has 1 aromatic rings. The molecule has 0 unspecified atom stereocenters. The van der Waals surface area contributed by atoms with E-state index < -0.39 is 0 Å². The molecule has 2 aliphatic heterocycles. The summed E-state index contributed by atoms with van der Waals surface area (Å²) in [4.78, 5) is 13.2. The van der Waals surface area contributed by atoms with Crippen molar-refractivity contribution in [1.82, 2.24) is 14.9 Å². The van der Waals surface area contributed by atoms with Crippen LogP contribution in [-0.4, -0.2) is 67.4 Å². The minimum Gasteiger partial charge on any atom is -0.481 e. The van der Waals surface area contributed by atoms with Crippen LogP contribution >= 0.6 is 0 Å².